The van der Waals surface area contributed by atoms with Crippen molar-refractivity contribution >= 4 is 22.0 Å². The minimum absolute atomic E-state index is 0.00905. The van der Waals surface area contributed by atoms with Gasteiger partial charge < -0.3 is 9.84 Å². The maximum absolute atomic E-state index is 12.7. The van der Waals surface area contributed by atoms with Gasteiger partial charge in [0.2, 0.25) is 10.0 Å². The summed E-state index contributed by atoms with van der Waals surface area (Å²) >= 11 is 0. The molecule has 1 heterocycles. The number of ether oxygens (including phenoxy) is 1. The fraction of sp³-hybridized carbons (Fsp3) is 0.467. The Morgan fingerprint density at radius 3 is 2.70 bits per heavy atom. The van der Waals surface area contributed by atoms with Gasteiger partial charge in [-0.05, 0) is 31.9 Å². The van der Waals surface area contributed by atoms with Crippen molar-refractivity contribution in [3.8, 4) is 0 Å². The Labute approximate surface area is 134 Å². The second-order valence-corrected chi connectivity index (χ2v) is 7.16. The first kappa shape index (κ1) is 17.4. The van der Waals surface area contributed by atoms with Crippen molar-refractivity contribution in [2.24, 2.45) is 5.92 Å². The van der Waals surface area contributed by atoms with Gasteiger partial charge in [0.1, 0.15) is 0 Å². The van der Waals surface area contributed by atoms with Crippen LogP contribution < -0.4 is 0 Å². The highest BCUT2D eigenvalue weighted by Crippen LogP contribution is 2.26. The molecule has 2 rings (SSSR count). The van der Waals surface area contributed by atoms with Crippen LogP contribution in [0.25, 0.3) is 0 Å². The smallest absolute Gasteiger partial charge is 0.337 e. The van der Waals surface area contributed by atoms with E-state index in [1.807, 2.05) is 0 Å². The van der Waals surface area contributed by atoms with E-state index in [1.165, 1.54) is 28.6 Å². The maximum atomic E-state index is 12.7. The molecule has 0 amide bonds. The number of piperidine rings is 1. The Balaban J connectivity index is 2.29. The summed E-state index contributed by atoms with van der Waals surface area (Å²) in [6.07, 6.45) is 1.09. The van der Waals surface area contributed by atoms with Gasteiger partial charge in [-0.15, -0.1) is 0 Å². The van der Waals surface area contributed by atoms with E-state index in [0.29, 0.717) is 12.8 Å². The van der Waals surface area contributed by atoms with Crippen LogP contribution in [0.5, 0.6) is 0 Å². The van der Waals surface area contributed by atoms with Crippen LogP contribution >= 0.6 is 0 Å². The number of hydrogen-bond donors (Lipinski definition) is 1. The predicted octanol–water partition coefficient (Wildman–Crippen LogP) is 1.35. The number of aromatic carboxylic acids is 1. The molecule has 0 radical (unpaired) electrons. The molecule has 0 saturated carbocycles. The first-order valence-electron chi connectivity index (χ1n) is 7.37. The van der Waals surface area contributed by atoms with Gasteiger partial charge in [-0.1, -0.05) is 12.1 Å². The summed E-state index contributed by atoms with van der Waals surface area (Å²) in [7, 11) is -3.97. The molecule has 1 unspecified atom stereocenters. The molecular formula is C15H19NO6S. The summed E-state index contributed by atoms with van der Waals surface area (Å²) < 4.78 is 31.6. The van der Waals surface area contributed by atoms with Gasteiger partial charge in [0, 0.05) is 13.1 Å². The van der Waals surface area contributed by atoms with Crippen molar-refractivity contribution in [2.75, 3.05) is 19.7 Å². The van der Waals surface area contributed by atoms with E-state index >= 15 is 0 Å². The number of nitrogens with zero attached hydrogens (tertiary/aromatic N) is 1. The summed E-state index contributed by atoms with van der Waals surface area (Å²) in [5.41, 5.74) is -0.272. The minimum Gasteiger partial charge on any atom is -0.478 e. The summed E-state index contributed by atoms with van der Waals surface area (Å²) in [6.45, 7) is 2.20. The highest BCUT2D eigenvalue weighted by atomic mass is 32.2. The highest BCUT2D eigenvalue weighted by molar-refractivity contribution is 7.89. The average molecular weight is 341 g/mol. The molecule has 1 aliphatic heterocycles. The van der Waals surface area contributed by atoms with Crippen LogP contribution in [0, 0.1) is 5.92 Å². The van der Waals surface area contributed by atoms with Crippen molar-refractivity contribution in [3.05, 3.63) is 29.8 Å². The zero-order valence-corrected chi connectivity index (χ0v) is 13.6. The number of hydrogen-bond acceptors (Lipinski definition) is 5. The maximum Gasteiger partial charge on any atom is 0.337 e. The molecular weight excluding hydrogens is 322 g/mol. The van der Waals surface area contributed by atoms with Gasteiger partial charge in [-0.25, -0.2) is 13.2 Å². The summed E-state index contributed by atoms with van der Waals surface area (Å²) in [4.78, 5) is 22.8. The van der Waals surface area contributed by atoms with Crippen LogP contribution in [0.2, 0.25) is 0 Å². The normalized spacial score (nSPS) is 19.3. The number of carbonyl (C=O) groups is 2. The van der Waals surface area contributed by atoms with E-state index in [9.17, 15) is 23.1 Å². The molecule has 0 aliphatic carbocycles. The van der Waals surface area contributed by atoms with Gasteiger partial charge in [-0.3, -0.25) is 4.79 Å². The van der Waals surface area contributed by atoms with Crippen LogP contribution in [-0.2, 0) is 19.6 Å². The summed E-state index contributed by atoms with van der Waals surface area (Å²) in [5.74, 6) is -2.24. The largest absolute Gasteiger partial charge is 0.478 e. The molecule has 126 valence electrons. The van der Waals surface area contributed by atoms with E-state index in [4.69, 9.17) is 4.74 Å². The zero-order valence-electron chi connectivity index (χ0n) is 12.8. The van der Waals surface area contributed by atoms with Crippen molar-refractivity contribution in [1.82, 2.24) is 4.31 Å². The molecule has 1 N–H and O–H groups in total. The lowest BCUT2D eigenvalue weighted by molar-refractivity contribution is -0.149. The standard InChI is InChI=1S/C15H19NO6S/c1-2-22-15(19)11-6-5-9-16(10-11)23(20,21)13-8-4-3-7-12(13)14(17)18/h3-4,7-8,11H,2,5-6,9-10H2,1H3,(H,17,18). The number of rotatable bonds is 5. The number of sulfonamides is 1. The van der Waals surface area contributed by atoms with Gasteiger partial charge >= 0.3 is 11.9 Å². The highest BCUT2D eigenvalue weighted by Gasteiger charge is 2.35. The Kier molecular flexibility index (Phi) is 5.38. The van der Waals surface area contributed by atoms with E-state index in [2.05, 4.69) is 0 Å². The van der Waals surface area contributed by atoms with Gasteiger partial charge in [0.05, 0.1) is 23.0 Å². The molecule has 0 bridgehead atoms. The van der Waals surface area contributed by atoms with Gasteiger partial charge in [0.15, 0.2) is 0 Å². The van der Waals surface area contributed by atoms with Crippen molar-refractivity contribution < 1.29 is 27.9 Å². The predicted molar refractivity (Wildman–Crippen MR) is 81.5 cm³/mol. The fourth-order valence-corrected chi connectivity index (χ4v) is 4.33. The quantitative estimate of drug-likeness (QED) is 0.811. The van der Waals surface area contributed by atoms with Crippen LogP contribution in [-0.4, -0.2) is 49.5 Å². The Morgan fingerprint density at radius 2 is 2.04 bits per heavy atom. The third-order valence-corrected chi connectivity index (χ3v) is 5.66. The molecule has 1 saturated heterocycles. The molecule has 1 aliphatic rings. The lowest BCUT2D eigenvalue weighted by Crippen LogP contribution is -2.43. The summed E-state index contributed by atoms with van der Waals surface area (Å²) in [6, 6.07) is 5.47. The molecule has 1 aromatic carbocycles. The molecule has 7 nitrogen and oxygen atoms in total. The van der Waals surface area contributed by atoms with Crippen molar-refractivity contribution in [1.29, 1.82) is 0 Å². The molecule has 1 fully saturated rings. The Hall–Kier alpha value is -1.93. The fourth-order valence-electron chi connectivity index (χ4n) is 2.62. The summed E-state index contributed by atoms with van der Waals surface area (Å²) in [5, 5.41) is 9.18. The first-order valence-corrected chi connectivity index (χ1v) is 8.81. The van der Waals surface area contributed by atoms with Crippen molar-refractivity contribution in [3.63, 3.8) is 0 Å². The van der Waals surface area contributed by atoms with Gasteiger partial charge in [0.25, 0.3) is 0 Å². The number of carboxylic acids is 1. The van der Waals surface area contributed by atoms with Crippen LogP contribution in [0.1, 0.15) is 30.1 Å². The molecule has 0 spiro atoms. The topological polar surface area (TPSA) is 101 Å². The second kappa shape index (κ2) is 7.10. The third kappa shape index (κ3) is 3.70. The van der Waals surface area contributed by atoms with Gasteiger partial charge in [-0.2, -0.15) is 4.31 Å². The third-order valence-electron chi connectivity index (χ3n) is 3.74. The van der Waals surface area contributed by atoms with E-state index in [0.717, 1.165) is 0 Å². The Morgan fingerprint density at radius 1 is 1.35 bits per heavy atom. The van der Waals surface area contributed by atoms with Crippen LogP contribution in [0.15, 0.2) is 29.2 Å². The van der Waals surface area contributed by atoms with E-state index in [-0.39, 0.29) is 30.2 Å². The second-order valence-electron chi connectivity index (χ2n) is 5.26. The molecule has 0 aromatic heterocycles. The molecule has 8 heteroatoms. The molecule has 1 atom stereocenters. The lowest BCUT2D eigenvalue weighted by Gasteiger charge is -2.31. The molecule has 1 aromatic rings. The number of carboxylic acid groups (broad SMARTS) is 1. The Bertz CT molecular complexity index is 700. The average Bonchev–Trinajstić information content (AvgIpc) is 2.55. The zero-order chi connectivity index (χ0) is 17.0. The minimum atomic E-state index is -3.97. The van der Waals surface area contributed by atoms with Crippen LogP contribution in [0.4, 0.5) is 0 Å². The number of benzene rings is 1. The number of esters is 1. The van der Waals surface area contributed by atoms with E-state index in [1.54, 1.807) is 6.92 Å². The first-order chi connectivity index (χ1) is 10.9. The molecule has 23 heavy (non-hydrogen) atoms. The SMILES string of the molecule is CCOC(=O)C1CCCN(S(=O)(=O)c2ccccc2C(=O)O)C1. The number of carbonyl (C=O) groups excluding carboxylic acids is 1. The van der Waals surface area contributed by atoms with Crippen LogP contribution in [0.3, 0.4) is 0 Å². The van der Waals surface area contributed by atoms with Crippen molar-refractivity contribution in [2.45, 2.75) is 24.7 Å². The van der Waals surface area contributed by atoms with E-state index < -0.39 is 27.9 Å². The monoisotopic (exact) mass is 341 g/mol. The lowest BCUT2D eigenvalue weighted by atomic mass is 10.0.